The average Bonchev–Trinajstić information content (AvgIpc) is 3.18. The van der Waals surface area contributed by atoms with Crippen molar-refractivity contribution in [1.82, 2.24) is 9.97 Å². The molecule has 2 aromatic heterocycles. The van der Waals surface area contributed by atoms with E-state index in [1.807, 2.05) is 0 Å². The number of halogens is 2. The van der Waals surface area contributed by atoms with Gasteiger partial charge in [0, 0.05) is 29.6 Å². The van der Waals surface area contributed by atoms with Gasteiger partial charge in [-0.25, -0.2) is 18.7 Å². The minimum Gasteiger partial charge on any atom is -0.488 e. The van der Waals surface area contributed by atoms with Crippen LogP contribution in [0.25, 0.3) is 0 Å². The summed E-state index contributed by atoms with van der Waals surface area (Å²) in [5.41, 5.74) is 0.602. The van der Waals surface area contributed by atoms with E-state index in [1.54, 1.807) is 19.1 Å². The number of rotatable bonds is 6. The number of thiazole rings is 1. The molecular formula is C16H16F2N2O3S. The molecule has 0 spiro atoms. The normalized spacial score (nSPS) is 17.4. The van der Waals surface area contributed by atoms with Gasteiger partial charge in [0.2, 0.25) is 0 Å². The zero-order chi connectivity index (χ0) is 17.1. The quantitative estimate of drug-likeness (QED) is 0.744. The maximum atomic E-state index is 12.6. The number of carbonyl (C=O) groups is 1. The first kappa shape index (κ1) is 16.9. The van der Waals surface area contributed by atoms with Gasteiger partial charge in [-0.05, 0) is 6.92 Å². The van der Waals surface area contributed by atoms with E-state index < -0.39 is 6.43 Å². The van der Waals surface area contributed by atoms with Crippen LogP contribution in [0.5, 0.6) is 5.75 Å². The van der Waals surface area contributed by atoms with Crippen molar-refractivity contribution in [3.8, 4) is 5.75 Å². The molecule has 1 fully saturated rings. The highest BCUT2D eigenvalue weighted by Gasteiger charge is 2.20. The summed E-state index contributed by atoms with van der Waals surface area (Å²) < 4.78 is 36.2. The second-order valence-electron chi connectivity index (χ2n) is 5.50. The molecule has 3 heterocycles. The number of hydrogen-bond acceptors (Lipinski definition) is 6. The minimum atomic E-state index is -2.63. The van der Waals surface area contributed by atoms with Gasteiger partial charge in [-0.2, -0.15) is 0 Å². The van der Waals surface area contributed by atoms with Gasteiger partial charge in [0.05, 0.1) is 19.6 Å². The second kappa shape index (κ2) is 7.31. The molecular weight excluding hydrogens is 338 g/mol. The van der Waals surface area contributed by atoms with Crippen LogP contribution in [0.4, 0.5) is 8.78 Å². The number of pyridine rings is 1. The van der Waals surface area contributed by atoms with Crippen molar-refractivity contribution < 1.29 is 23.0 Å². The van der Waals surface area contributed by atoms with E-state index in [4.69, 9.17) is 9.47 Å². The third-order valence-corrected chi connectivity index (χ3v) is 4.38. The fraction of sp³-hybridized carbons (Fsp3) is 0.438. The average molecular weight is 354 g/mol. The summed E-state index contributed by atoms with van der Waals surface area (Å²) in [5, 5.41) is 1.62. The molecule has 24 heavy (non-hydrogen) atoms. The predicted octanol–water partition coefficient (Wildman–Crippen LogP) is 3.38. The highest BCUT2D eigenvalue weighted by Crippen LogP contribution is 2.23. The summed E-state index contributed by atoms with van der Waals surface area (Å²) in [5.74, 6) is 0.287. The maximum Gasteiger partial charge on any atom is 0.281 e. The van der Waals surface area contributed by atoms with Crippen LogP contribution in [0, 0.1) is 6.92 Å². The number of hydrogen-bond donors (Lipinski definition) is 0. The molecule has 0 unspecified atom stereocenters. The van der Waals surface area contributed by atoms with Gasteiger partial charge in [0.25, 0.3) is 6.43 Å². The van der Waals surface area contributed by atoms with Gasteiger partial charge >= 0.3 is 0 Å². The van der Waals surface area contributed by atoms with E-state index in [2.05, 4.69) is 9.97 Å². The Morgan fingerprint density at radius 3 is 2.96 bits per heavy atom. The van der Waals surface area contributed by atoms with Gasteiger partial charge in [0.1, 0.15) is 28.2 Å². The highest BCUT2D eigenvalue weighted by atomic mass is 32.1. The lowest BCUT2D eigenvalue weighted by Crippen LogP contribution is -2.16. The van der Waals surface area contributed by atoms with E-state index in [9.17, 15) is 13.6 Å². The summed E-state index contributed by atoms with van der Waals surface area (Å²) >= 11 is 1.05. The Kier molecular flexibility index (Phi) is 5.15. The van der Waals surface area contributed by atoms with Crippen LogP contribution < -0.4 is 4.74 Å². The Balaban J connectivity index is 1.72. The molecule has 1 aliphatic heterocycles. The van der Waals surface area contributed by atoms with E-state index in [0.717, 1.165) is 17.8 Å². The SMILES string of the molecule is Cc1cc(O[C@@H]2CCOC2)cc(C(=O)Cc2nc(C(F)F)cs2)n1. The molecule has 2 aromatic rings. The molecule has 1 saturated heterocycles. The summed E-state index contributed by atoms with van der Waals surface area (Å²) in [6.07, 6.45) is -1.90. The van der Waals surface area contributed by atoms with Crippen LogP contribution in [0.2, 0.25) is 0 Å². The topological polar surface area (TPSA) is 61.3 Å². The lowest BCUT2D eigenvalue weighted by molar-refractivity contribution is 0.0985. The zero-order valence-electron chi connectivity index (χ0n) is 13.0. The molecule has 0 N–H and O–H groups in total. The Morgan fingerprint density at radius 1 is 1.46 bits per heavy atom. The first-order valence-corrected chi connectivity index (χ1v) is 8.38. The van der Waals surface area contributed by atoms with Crippen LogP contribution in [0.3, 0.4) is 0 Å². The standard InChI is InChI=1S/C16H16F2N2O3S/c1-9-4-11(23-10-2-3-22-7-10)5-12(19-9)14(21)6-15-20-13(8-24-15)16(17)18/h4-5,8,10,16H,2-3,6-7H2,1H3/t10-/m1/s1. The Bertz CT molecular complexity index is 730. The number of alkyl halides is 2. The first-order chi connectivity index (χ1) is 11.5. The van der Waals surface area contributed by atoms with Crippen LogP contribution in [-0.4, -0.2) is 35.1 Å². The van der Waals surface area contributed by atoms with Crippen LogP contribution in [0.15, 0.2) is 17.5 Å². The fourth-order valence-electron chi connectivity index (χ4n) is 2.38. The molecule has 8 heteroatoms. The lowest BCUT2D eigenvalue weighted by atomic mass is 10.2. The van der Waals surface area contributed by atoms with Crippen LogP contribution in [0.1, 0.15) is 39.7 Å². The van der Waals surface area contributed by atoms with Gasteiger partial charge < -0.3 is 9.47 Å². The minimum absolute atomic E-state index is 0.0256. The number of carbonyl (C=O) groups excluding carboxylic acids is 1. The van der Waals surface area contributed by atoms with E-state index in [1.165, 1.54) is 5.38 Å². The lowest BCUT2D eigenvalue weighted by Gasteiger charge is -2.13. The van der Waals surface area contributed by atoms with Crippen LogP contribution >= 0.6 is 11.3 Å². The van der Waals surface area contributed by atoms with Crippen molar-refractivity contribution in [1.29, 1.82) is 0 Å². The maximum absolute atomic E-state index is 12.6. The highest BCUT2D eigenvalue weighted by molar-refractivity contribution is 7.09. The molecule has 0 bridgehead atoms. The fourth-order valence-corrected chi connectivity index (χ4v) is 3.17. The van der Waals surface area contributed by atoms with Crippen molar-refractivity contribution in [2.45, 2.75) is 32.3 Å². The summed E-state index contributed by atoms with van der Waals surface area (Å²) in [4.78, 5) is 20.4. The largest absolute Gasteiger partial charge is 0.488 e. The van der Waals surface area contributed by atoms with E-state index >= 15 is 0 Å². The molecule has 3 rings (SSSR count). The Hall–Kier alpha value is -1.93. The predicted molar refractivity (Wildman–Crippen MR) is 83.9 cm³/mol. The molecule has 0 aliphatic carbocycles. The Morgan fingerprint density at radius 2 is 2.29 bits per heavy atom. The molecule has 0 amide bonds. The number of aryl methyl sites for hydroxylation is 1. The molecule has 1 aliphatic rings. The number of aromatic nitrogens is 2. The van der Waals surface area contributed by atoms with Crippen molar-refractivity contribution in [3.63, 3.8) is 0 Å². The van der Waals surface area contributed by atoms with Crippen molar-refractivity contribution in [2.75, 3.05) is 13.2 Å². The number of ether oxygens (including phenoxy) is 2. The smallest absolute Gasteiger partial charge is 0.281 e. The van der Waals surface area contributed by atoms with Crippen molar-refractivity contribution >= 4 is 17.1 Å². The third kappa shape index (κ3) is 4.12. The number of Topliss-reactive ketones (excluding diaryl/α,β-unsaturated/α-hetero) is 1. The Labute approximate surface area is 141 Å². The van der Waals surface area contributed by atoms with E-state index in [0.29, 0.717) is 29.7 Å². The van der Waals surface area contributed by atoms with Gasteiger partial charge in [-0.3, -0.25) is 4.79 Å². The molecule has 0 aromatic carbocycles. The molecule has 1 atom stereocenters. The van der Waals surface area contributed by atoms with Gasteiger partial charge in [-0.1, -0.05) is 0 Å². The first-order valence-electron chi connectivity index (χ1n) is 7.50. The molecule has 0 radical (unpaired) electrons. The van der Waals surface area contributed by atoms with Crippen LogP contribution in [-0.2, 0) is 11.2 Å². The summed E-state index contributed by atoms with van der Waals surface area (Å²) in [7, 11) is 0. The third-order valence-electron chi connectivity index (χ3n) is 3.51. The van der Waals surface area contributed by atoms with Gasteiger partial charge in [0.15, 0.2) is 5.78 Å². The zero-order valence-corrected chi connectivity index (χ0v) is 13.8. The van der Waals surface area contributed by atoms with E-state index in [-0.39, 0.29) is 29.7 Å². The number of nitrogens with zero attached hydrogens (tertiary/aromatic N) is 2. The van der Waals surface area contributed by atoms with Crippen molar-refractivity contribution in [3.05, 3.63) is 39.6 Å². The molecule has 128 valence electrons. The number of ketones is 1. The monoisotopic (exact) mass is 354 g/mol. The van der Waals surface area contributed by atoms with Crippen molar-refractivity contribution in [2.24, 2.45) is 0 Å². The summed E-state index contributed by atoms with van der Waals surface area (Å²) in [6, 6.07) is 3.34. The molecule has 5 nitrogen and oxygen atoms in total. The second-order valence-corrected chi connectivity index (χ2v) is 6.44. The molecule has 0 saturated carbocycles. The van der Waals surface area contributed by atoms with Gasteiger partial charge in [-0.15, -0.1) is 11.3 Å². The summed E-state index contributed by atoms with van der Waals surface area (Å²) in [6.45, 7) is 2.96.